The Balaban J connectivity index is 2.29. The largest absolute Gasteiger partial charge is 0.364 e. The molecule has 18 heavy (non-hydrogen) atoms. The maximum absolute atomic E-state index is 11.5. The molecule has 2 rings (SSSR count). The third-order valence-corrected chi connectivity index (χ3v) is 3.82. The third kappa shape index (κ3) is 2.33. The van der Waals surface area contributed by atoms with Crippen molar-refractivity contribution in [1.29, 1.82) is 0 Å². The van der Waals surface area contributed by atoms with Crippen LogP contribution in [0.1, 0.15) is 21.0 Å². The standard InChI is InChI=1S/C8H8N6O2S2/c1-10-6(16)4-8(18-14-13-4)17-7-3(5(9)15)11-2-12-7/h2H,1H3,(H2,9,15)(H,10,16)(H,11,12). The molecule has 8 nitrogen and oxygen atoms in total. The van der Waals surface area contributed by atoms with E-state index in [1.807, 2.05) is 0 Å². The van der Waals surface area contributed by atoms with Crippen LogP contribution in [0.15, 0.2) is 15.6 Å². The number of rotatable bonds is 4. The number of aromatic amines is 1. The van der Waals surface area contributed by atoms with Gasteiger partial charge in [0.15, 0.2) is 5.69 Å². The Morgan fingerprint density at radius 1 is 1.56 bits per heavy atom. The maximum Gasteiger partial charge on any atom is 0.273 e. The number of hydrogen-bond donors (Lipinski definition) is 3. The summed E-state index contributed by atoms with van der Waals surface area (Å²) in [6.07, 6.45) is 1.36. The molecule has 2 aromatic heterocycles. The van der Waals surface area contributed by atoms with Crippen LogP contribution in [0.4, 0.5) is 0 Å². The van der Waals surface area contributed by atoms with E-state index in [-0.39, 0.29) is 17.3 Å². The van der Waals surface area contributed by atoms with Gasteiger partial charge in [-0.1, -0.05) is 16.3 Å². The minimum Gasteiger partial charge on any atom is -0.364 e. The summed E-state index contributed by atoms with van der Waals surface area (Å²) in [4.78, 5) is 29.2. The Morgan fingerprint density at radius 2 is 2.33 bits per heavy atom. The van der Waals surface area contributed by atoms with Crippen molar-refractivity contribution in [3.05, 3.63) is 17.7 Å². The summed E-state index contributed by atoms with van der Waals surface area (Å²) >= 11 is 2.16. The number of nitrogens with two attached hydrogens (primary N) is 1. The topological polar surface area (TPSA) is 127 Å². The quantitative estimate of drug-likeness (QED) is 0.718. The van der Waals surface area contributed by atoms with Crippen molar-refractivity contribution >= 4 is 35.1 Å². The molecular formula is C8H8N6O2S2. The molecule has 2 heterocycles. The lowest BCUT2D eigenvalue weighted by atomic mass is 10.5. The average Bonchev–Trinajstić information content (AvgIpc) is 2.97. The van der Waals surface area contributed by atoms with Gasteiger partial charge < -0.3 is 16.0 Å². The molecule has 2 amide bonds. The summed E-state index contributed by atoms with van der Waals surface area (Å²) in [5, 5.41) is 6.57. The average molecular weight is 284 g/mol. The van der Waals surface area contributed by atoms with Gasteiger partial charge in [0.1, 0.15) is 14.9 Å². The lowest BCUT2D eigenvalue weighted by molar-refractivity contribution is 0.0954. The van der Waals surface area contributed by atoms with Crippen LogP contribution in [0, 0.1) is 0 Å². The molecule has 0 saturated heterocycles. The molecule has 4 N–H and O–H groups in total. The highest BCUT2D eigenvalue weighted by Crippen LogP contribution is 2.32. The summed E-state index contributed by atoms with van der Waals surface area (Å²) in [5.74, 6) is -0.962. The van der Waals surface area contributed by atoms with E-state index in [2.05, 4.69) is 24.9 Å². The molecule has 0 aliphatic heterocycles. The van der Waals surface area contributed by atoms with Gasteiger partial charge >= 0.3 is 0 Å². The second kappa shape index (κ2) is 5.14. The van der Waals surface area contributed by atoms with Gasteiger partial charge in [-0.05, 0) is 11.5 Å². The van der Waals surface area contributed by atoms with Gasteiger partial charge in [-0.3, -0.25) is 9.59 Å². The van der Waals surface area contributed by atoms with Crippen molar-refractivity contribution < 1.29 is 9.59 Å². The van der Waals surface area contributed by atoms with Crippen LogP contribution in [0.3, 0.4) is 0 Å². The van der Waals surface area contributed by atoms with Gasteiger partial charge in [-0.15, -0.1) is 5.10 Å². The SMILES string of the molecule is CNC(=O)c1nnsc1Sc1nc[nH]c1C(N)=O. The lowest BCUT2D eigenvalue weighted by Crippen LogP contribution is -2.19. The smallest absolute Gasteiger partial charge is 0.273 e. The highest BCUT2D eigenvalue weighted by Gasteiger charge is 2.20. The normalized spacial score (nSPS) is 10.3. The van der Waals surface area contributed by atoms with E-state index in [0.29, 0.717) is 9.24 Å². The van der Waals surface area contributed by atoms with E-state index in [1.54, 1.807) is 0 Å². The van der Waals surface area contributed by atoms with Crippen molar-refractivity contribution in [1.82, 2.24) is 24.9 Å². The maximum atomic E-state index is 11.5. The fourth-order valence-corrected chi connectivity index (χ4v) is 2.80. The first-order valence-corrected chi connectivity index (χ1v) is 6.28. The molecule has 0 bridgehead atoms. The van der Waals surface area contributed by atoms with E-state index in [4.69, 9.17) is 5.73 Å². The molecule has 0 unspecified atom stereocenters. The molecule has 0 atom stereocenters. The lowest BCUT2D eigenvalue weighted by Gasteiger charge is -1.98. The van der Waals surface area contributed by atoms with Gasteiger partial charge in [0.05, 0.1) is 6.33 Å². The van der Waals surface area contributed by atoms with Crippen molar-refractivity contribution in [2.45, 2.75) is 9.24 Å². The predicted molar refractivity (Wildman–Crippen MR) is 64.5 cm³/mol. The van der Waals surface area contributed by atoms with E-state index >= 15 is 0 Å². The summed E-state index contributed by atoms with van der Waals surface area (Å²) in [5.41, 5.74) is 5.57. The number of H-pyrrole nitrogens is 1. The Hall–Kier alpha value is -1.94. The van der Waals surface area contributed by atoms with Crippen molar-refractivity contribution in [3.8, 4) is 0 Å². The summed E-state index contributed by atoms with van der Waals surface area (Å²) in [6, 6.07) is 0. The zero-order valence-electron chi connectivity index (χ0n) is 9.13. The zero-order chi connectivity index (χ0) is 13.1. The van der Waals surface area contributed by atoms with Gasteiger partial charge in [0.2, 0.25) is 0 Å². The van der Waals surface area contributed by atoms with Crippen molar-refractivity contribution in [3.63, 3.8) is 0 Å². The number of aromatic nitrogens is 4. The van der Waals surface area contributed by atoms with Crippen LogP contribution >= 0.6 is 23.3 Å². The van der Waals surface area contributed by atoms with Gasteiger partial charge in [0, 0.05) is 7.05 Å². The van der Waals surface area contributed by atoms with Gasteiger partial charge in [-0.25, -0.2) is 4.98 Å². The number of nitrogens with zero attached hydrogens (tertiary/aromatic N) is 3. The molecular weight excluding hydrogens is 276 g/mol. The first-order valence-electron chi connectivity index (χ1n) is 4.69. The highest BCUT2D eigenvalue weighted by molar-refractivity contribution is 8.01. The minimum atomic E-state index is -0.617. The number of primary amides is 1. The first-order chi connectivity index (χ1) is 8.63. The molecule has 0 aliphatic carbocycles. The van der Waals surface area contributed by atoms with Crippen LogP contribution in [0.5, 0.6) is 0 Å². The molecule has 0 spiro atoms. The molecule has 10 heteroatoms. The molecule has 0 fully saturated rings. The van der Waals surface area contributed by atoms with Crippen LogP contribution in [0.2, 0.25) is 0 Å². The van der Waals surface area contributed by atoms with E-state index < -0.39 is 5.91 Å². The minimum absolute atomic E-state index is 0.191. The van der Waals surface area contributed by atoms with Crippen LogP contribution in [-0.4, -0.2) is 38.4 Å². The summed E-state index contributed by atoms with van der Waals surface area (Å²) in [6.45, 7) is 0. The predicted octanol–water partition coefficient (Wildman–Crippen LogP) is -0.129. The van der Waals surface area contributed by atoms with E-state index in [1.165, 1.54) is 13.4 Å². The number of carbonyl (C=O) groups is 2. The number of amides is 2. The van der Waals surface area contributed by atoms with Crippen LogP contribution in [-0.2, 0) is 0 Å². The van der Waals surface area contributed by atoms with Crippen LogP contribution < -0.4 is 11.1 Å². The monoisotopic (exact) mass is 284 g/mol. The number of imidazole rings is 1. The first kappa shape index (κ1) is 12.5. The van der Waals surface area contributed by atoms with E-state index in [9.17, 15) is 9.59 Å². The second-order valence-corrected chi connectivity index (χ2v) is 5.05. The number of nitrogens with one attached hydrogen (secondary N) is 2. The van der Waals surface area contributed by atoms with Crippen molar-refractivity contribution in [2.75, 3.05) is 7.05 Å². The van der Waals surface area contributed by atoms with Gasteiger partial charge in [-0.2, -0.15) is 0 Å². The zero-order valence-corrected chi connectivity index (χ0v) is 10.8. The molecule has 94 valence electrons. The second-order valence-electron chi connectivity index (χ2n) is 3.04. The Morgan fingerprint density at radius 3 is 3.00 bits per heavy atom. The molecule has 0 aromatic carbocycles. The third-order valence-electron chi connectivity index (χ3n) is 1.94. The van der Waals surface area contributed by atoms with Crippen molar-refractivity contribution in [2.24, 2.45) is 5.73 Å². The molecule has 0 saturated carbocycles. The highest BCUT2D eigenvalue weighted by atomic mass is 32.2. The molecule has 2 aromatic rings. The Bertz CT molecular complexity index is 592. The van der Waals surface area contributed by atoms with E-state index in [0.717, 1.165) is 23.3 Å². The summed E-state index contributed by atoms with van der Waals surface area (Å²) in [7, 11) is 1.50. The summed E-state index contributed by atoms with van der Waals surface area (Å²) < 4.78 is 4.25. The fraction of sp³-hybridized carbons (Fsp3) is 0.125. The fourth-order valence-electron chi connectivity index (χ4n) is 1.13. The Kier molecular flexibility index (Phi) is 3.58. The van der Waals surface area contributed by atoms with Gasteiger partial charge in [0.25, 0.3) is 11.8 Å². The number of carbonyl (C=O) groups excluding carboxylic acids is 2. The Labute approximate surface area is 110 Å². The number of hydrogen-bond acceptors (Lipinski definition) is 7. The molecule has 0 aliphatic rings. The van der Waals surface area contributed by atoms with Crippen LogP contribution in [0.25, 0.3) is 0 Å². The molecule has 0 radical (unpaired) electrons.